The van der Waals surface area contributed by atoms with Crippen molar-refractivity contribution in [3.05, 3.63) is 24.0 Å². The first kappa shape index (κ1) is 13.9. The second kappa shape index (κ2) is 7.25. The van der Waals surface area contributed by atoms with Gasteiger partial charge in [-0.15, -0.1) is 0 Å². The van der Waals surface area contributed by atoms with Gasteiger partial charge in [0.2, 0.25) is 0 Å². The van der Waals surface area contributed by atoms with Gasteiger partial charge in [-0.2, -0.15) is 0 Å². The van der Waals surface area contributed by atoms with Gasteiger partial charge in [-0.05, 0) is 32.4 Å². The second-order valence-corrected chi connectivity index (χ2v) is 4.02. The predicted octanol–water partition coefficient (Wildman–Crippen LogP) is 2.30. The van der Waals surface area contributed by atoms with Crippen LogP contribution in [0.1, 0.15) is 38.9 Å². The SMILES string of the molecule is CCOCC(C)Oc1ccc(C(N)CC)nc1. The molecule has 0 aliphatic heterocycles. The molecule has 96 valence electrons. The minimum absolute atomic E-state index is 0.00454. The van der Waals surface area contributed by atoms with Crippen LogP contribution in [0.3, 0.4) is 0 Å². The van der Waals surface area contributed by atoms with Gasteiger partial charge in [-0.25, -0.2) is 0 Å². The van der Waals surface area contributed by atoms with Crippen LogP contribution in [-0.4, -0.2) is 24.3 Å². The number of rotatable bonds is 7. The zero-order chi connectivity index (χ0) is 12.7. The van der Waals surface area contributed by atoms with Crippen LogP contribution in [-0.2, 0) is 4.74 Å². The van der Waals surface area contributed by atoms with Crippen molar-refractivity contribution >= 4 is 0 Å². The van der Waals surface area contributed by atoms with Gasteiger partial charge in [0.25, 0.3) is 0 Å². The van der Waals surface area contributed by atoms with E-state index in [1.807, 2.05) is 32.9 Å². The Morgan fingerprint density at radius 3 is 2.65 bits per heavy atom. The number of nitrogens with zero attached hydrogens (tertiary/aromatic N) is 1. The first-order valence-corrected chi connectivity index (χ1v) is 6.13. The van der Waals surface area contributed by atoms with Crippen LogP contribution in [0.5, 0.6) is 5.75 Å². The maximum atomic E-state index is 5.89. The smallest absolute Gasteiger partial charge is 0.138 e. The zero-order valence-electron chi connectivity index (χ0n) is 10.8. The van der Waals surface area contributed by atoms with Crippen LogP contribution < -0.4 is 10.5 Å². The lowest BCUT2D eigenvalue weighted by atomic mass is 10.1. The van der Waals surface area contributed by atoms with Gasteiger partial charge in [0.15, 0.2) is 0 Å². The summed E-state index contributed by atoms with van der Waals surface area (Å²) < 4.78 is 10.9. The van der Waals surface area contributed by atoms with E-state index in [2.05, 4.69) is 4.98 Å². The van der Waals surface area contributed by atoms with Crippen LogP contribution in [0, 0.1) is 0 Å². The molecule has 0 saturated heterocycles. The molecule has 0 fully saturated rings. The van der Waals surface area contributed by atoms with Crippen molar-refractivity contribution in [1.82, 2.24) is 4.98 Å². The fourth-order valence-corrected chi connectivity index (χ4v) is 1.44. The van der Waals surface area contributed by atoms with E-state index < -0.39 is 0 Å². The van der Waals surface area contributed by atoms with Crippen LogP contribution in [0.15, 0.2) is 18.3 Å². The summed E-state index contributed by atoms with van der Waals surface area (Å²) >= 11 is 0. The average Bonchev–Trinajstić information content (AvgIpc) is 2.36. The molecule has 0 amide bonds. The highest BCUT2D eigenvalue weighted by molar-refractivity contribution is 5.21. The summed E-state index contributed by atoms with van der Waals surface area (Å²) in [5, 5.41) is 0. The van der Waals surface area contributed by atoms with Crippen molar-refractivity contribution in [3.63, 3.8) is 0 Å². The summed E-state index contributed by atoms with van der Waals surface area (Å²) in [5.74, 6) is 0.754. The van der Waals surface area contributed by atoms with Crippen LogP contribution in [0.2, 0.25) is 0 Å². The van der Waals surface area contributed by atoms with Gasteiger partial charge < -0.3 is 15.2 Å². The highest BCUT2D eigenvalue weighted by atomic mass is 16.5. The highest BCUT2D eigenvalue weighted by Crippen LogP contribution is 2.16. The third-order valence-electron chi connectivity index (χ3n) is 2.47. The summed E-state index contributed by atoms with van der Waals surface area (Å²) in [7, 11) is 0. The fourth-order valence-electron chi connectivity index (χ4n) is 1.44. The van der Waals surface area contributed by atoms with Gasteiger partial charge in [-0.1, -0.05) is 6.92 Å². The Morgan fingerprint density at radius 1 is 1.35 bits per heavy atom. The van der Waals surface area contributed by atoms with Crippen molar-refractivity contribution in [3.8, 4) is 5.75 Å². The molecule has 1 heterocycles. The Kier molecular flexibility index (Phi) is 5.94. The predicted molar refractivity (Wildman–Crippen MR) is 68.0 cm³/mol. The van der Waals surface area contributed by atoms with Crippen molar-refractivity contribution in [2.24, 2.45) is 5.73 Å². The first-order chi connectivity index (χ1) is 8.17. The summed E-state index contributed by atoms with van der Waals surface area (Å²) in [5.41, 5.74) is 6.79. The molecule has 0 aliphatic rings. The molecule has 0 aromatic carbocycles. The highest BCUT2D eigenvalue weighted by Gasteiger charge is 2.07. The molecule has 2 atom stereocenters. The lowest BCUT2D eigenvalue weighted by molar-refractivity contribution is 0.0655. The Hall–Kier alpha value is -1.13. The molecular weight excluding hydrogens is 216 g/mol. The van der Waals surface area contributed by atoms with Crippen molar-refractivity contribution in [2.45, 2.75) is 39.3 Å². The van der Waals surface area contributed by atoms with Gasteiger partial charge in [0.05, 0.1) is 18.5 Å². The van der Waals surface area contributed by atoms with Gasteiger partial charge in [0, 0.05) is 12.6 Å². The zero-order valence-corrected chi connectivity index (χ0v) is 10.8. The number of nitrogens with two attached hydrogens (primary N) is 1. The summed E-state index contributed by atoms with van der Waals surface area (Å²) in [6.45, 7) is 7.28. The normalized spacial score (nSPS) is 14.4. The summed E-state index contributed by atoms with van der Waals surface area (Å²) in [6, 6.07) is 3.82. The maximum Gasteiger partial charge on any atom is 0.138 e. The summed E-state index contributed by atoms with van der Waals surface area (Å²) in [4.78, 5) is 4.29. The largest absolute Gasteiger partial charge is 0.487 e. The molecule has 1 aromatic rings. The maximum absolute atomic E-state index is 5.89. The molecule has 0 aliphatic carbocycles. The first-order valence-electron chi connectivity index (χ1n) is 6.13. The fraction of sp³-hybridized carbons (Fsp3) is 0.615. The molecule has 4 nitrogen and oxygen atoms in total. The molecule has 0 saturated carbocycles. The van der Waals surface area contributed by atoms with E-state index in [9.17, 15) is 0 Å². The number of pyridine rings is 1. The van der Waals surface area contributed by atoms with Crippen molar-refractivity contribution in [1.29, 1.82) is 0 Å². The Morgan fingerprint density at radius 2 is 2.12 bits per heavy atom. The molecule has 0 radical (unpaired) electrons. The van der Waals surface area contributed by atoms with E-state index >= 15 is 0 Å². The number of ether oxygens (including phenoxy) is 2. The van der Waals surface area contributed by atoms with Crippen LogP contribution in [0.4, 0.5) is 0 Å². The van der Waals surface area contributed by atoms with E-state index in [0.717, 1.165) is 17.9 Å². The van der Waals surface area contributed by atoms with Crippen molar-refractivity contribution in [2.75, 3.05) is 13.2 Å². The lowest BCUT2D eigenvalue weighted by Gasteiger charge is -2.15. The molecular formula is C13H22N2O2. The van der Waals surface area contributed by atoms with E-state index in [4.69, 9.17) is 15.2 Å². The molecule has 2 unspecified atom stereocenters. The molecule has 2 N–H and O–H groups in total. The van der Waals surface area contributed by atoms with E-state index in [-0.39, 0.29) is 12.1 Å². The van der Waals surface area contributed by atoms with Gasteiger partial charge >= 0.3 is 0 Å². The van der Waals surface area contributed by atoms with Crippen molar-refractivity contribution < 1.29 is 9.47 Å². The Bertz CT molecular complexity index is 314. The number of hydrogen-bond donors (Lipinski definition) is 1. The minimum Gasteiger partial charge on any atom is -0.487 e. The van der Waals surface area contributed by atoms with E-state index in [1.165, 1.54) is 0 Å². The van der Waals surface area contributed by atoms with Gasteiger partial charge in [-0.3, -0.25) is 4.98 Å². The number of aromatic nitrogens is 1. The van der Waals surface area contributed by atoms with Crippen LogP contribution >= 0.6 is 0 Å². The molecule has 0 bridgehead atoms. The summed E-state index contributed by atoms with van der Waals surface area (Å²) in [6.07, 6.45) is 2.63. The lowest BCUT2D eigenvalue weighted by Crippen LogP contribution is -2.19. The van der Waals surface area contributed by atoms with E-state index in [1.54, 1.807) is 6.20 Å². The standard InChI is InChI=1S/C13H22N2O2/c1-4-12(14)13-7-6-11(8-15-13)17-10(3)9-16-5-2/h6-8,10,12H,4-5,9,14H2,1-3H3. The molecule has 1 rings (SSSR count). The van der Waals surface area contributed by atoms with E-state index in [0.29, 0.717) is 13.2 Å². The van der Waals surface area contributed by atoms with Gasteiger partial charge in [0.1, 0.15) is 11.9 Å². The quantitative estimate of drug-likeness (QED) is 0.792. The third kappa shape index (κ3) is 4.71. The average molecular weight is 238 g/mol. The molecule has 4 heteroatoms. The minimum atomic E-state index is 0.00454. The third-order valence-corrected chi connectivity index (χ3v) is 2.47. The topological polar surface area (TPSA) is 57.4 Å². The monoisotopic (exact) mass is 238 g/mol. The molecule has 0 spiro atoms. The van der Waals surface area contributed by atoms with Crippen LogP contribution in [0.25, 0.3) is 0 Å². The second-order valence-electron chi connectivity index (χ2n) is 4.02. The Balaban J connectivity index is 2.50. The number of hydrogen-bond acceptors (Lipinski definition) is 4. The molecule has 17 heavy (non-hydrogen) atoms. The molecule has 1 aromatic heterocycles. The Labute approximate surface area is 103 Å².